The fraction of sp³-hybridized carbons (Fsp3) is 0.562. The molecule has 19 heavy (non-hydrogen) atoms. The van der Waals surface area contributed by atoms with Gasteiger partial charge in [0.25, 0.3) is 0 Å². The smallest absolute Gasteiger partial charge is 0.248 e. The average molecular weight is 260 g/mol. The molecule has 2 unspecified atom stereocenters. The third kappa shape index (κ3) is 4.35. The Morgan fingerprint density at radius 2 is 2.16 bits per heavy atom. The number of hydrogen-bond acceptors (Lipinski definition) is 2. The third-order valence-corrected chi connectivity index (χ3v) is 4.06. The minimum absolute atomic E-state index is 0.356. The van der Waals surface area contributed by atoms with Crippen LogP contribution in [-0.4, -0.2) is 11.9 Å². The first-order chi connectivity index (χ1) is 9.15. The van der Waals surface area contributed by atoms with Crippen molar-refractivity contribution in [1.82, 2.24) is 5.32 Å². The Morgan fingerprint density at radius 3 is 2.95 bits per heavy atom. The first kappa shape index (κ1) is 14.1. The van der Waals surface area contributed by atoms with Gasteiger partial charge in [-0.25, -0.2) is 0 Å². The van der Waals surface area contributed by atoms with E-state index in [0.29, 0.717) is 11.6 Å². The van der Waals surface area contributed by atoms with Crippen LogP contribution in [-0.2, 0) is 6.54 Å². The molecule has 2 rings (SSSR count). The molecule has 1 aromatic carbocycles. The Kier molecular flexibility index (Phi) is 4.97. The summed E-state index contributed by atoms with van der Waals surface area (Å²) in [5, 5.41) is 3.61. The molecule has 0 radical (unpaired) electrons. The molecule has 0 spiro atoms. The van der Waals surface area contributed by atoms with Crippen molar-refractivity contribution in [1.29, 1.82) is 0 Å². The molecule has 3 heteroatoms. The molecule has 1 aliphatic rings. The van der Waals surface area contributed by atoms with Gasteiger partial charge in [0, 0.05) is 18.2 Å². The second kappa shape index (κ2) is 6.71. The van der Waals surface area contributed by atoms with Crippen molar-refractivity contribution >= 4 is 5.91 Å². The molecule has 0 saturated heterocycles. The van der Waals surface area contributed by atoms with Crippen LogP contribution >= 0.6 is 0 Å². The van der Waals surface area contributed by atoms with Crippen molar-refractivity contribution < 1.29 is 4.79 Å². The molecule has 0 aromatic heterocycles. The van der Waals surface area contributed by atoms with Crippen LogP contribution in [0.1, 0.15) is 54.9 Å². The van der Waals surface area contributed by atoms with Gasteiger partial charge in [0.15, 0.2) is 0 Å². The Bertz CT molecular complexity index is 431. The monoisotopic (exact) mass is 260 g/mol. The van der Waals surface area contributed by atoms with Gasteiger partial charge in [-0.15, -0.1) is 0 Å². The molecule has 1 aromatic rings. The van der Waals surface area contributed by atoms with E-state index in [1.807, 2.05) is 18.2 Å². The van der Waals surface area contributed by atoms with Crippen LogP contribution < -0.4 is 11.1 Å². The first-order valence-corrected chi connectivity index (χ1v) is 7.27. The lowest BCUT2D eigenvalue weighted by molar-refractivity contribution is 0.1000. The van der Waals surface area contributed by atoms with E-state index in [9.17, 15) is 4.79 Å². The van der Waals surface area contributed by atoms with E-state index in [-0.39, 0.29) is 5.91 Å². The zero-order valence-electron chi connectivity index (χ0n) is 11.7. The lowest BCUT2D eigenvalue weighted by Crippen LogP contribution is -2.28. The number of nitrogens with one attached hydrogen (secondary N) is 1. The minimum atomic E-state index is -0.356. The summed E-state index contributed by atoms with van der Waals surface area (Å²) in [7, 11) is 0. The SMILES string of the molecule is CC1CCCC(NCc2cccc(C(N)=O)c2)CC1. The van der Waals surface area contributed by atoms with Crippen molar-refractivity contribution in [3.8, 4) is 0 Å². The second-order valence-electron chi connectivity index (χ2n) is 5.76. The van der Waals surface area contributed by atoms with E-state index in [2.05, 4.69) is 12.2 Å². The Hall–Kier alpha value is -1.35. The number of hydrogen-bond donors (Lipinski definition) is 2. The van der Waals surface area contributed by atoms with Crippen LogP contribution in [0, 0.1) is 5.92 Å². The maximum absolute atomic E-state index is 11.1. The van der Waals surface area contributed by atoms with E-state index < -0.39 is 0 Å². The molecular formula is C16H24N2O. The highest BCUT2D eigenvalue weighted by molar-refractivity contribution is 5.92. The predicted octanol–water partition coefficient (Wildman–Crippen LogP) is 2.84. The largest absolute Gasteiger partial charge is 0.366 e. The Morgan fingerprint density at radius 1 is 1.32 bits per heavy atom. The summed E-state index contributed by atoms with van der Waals surface area (Å²) in [6.45, 7) is 3.17. The maximum Gasteiger partial charge on any atom is 0.248 e. The highest BCUT2D eigenvalue weighted by Gasteiger charge is 2.15. The van der Waals surface area contributed by atoms with E-state index in [0.717, 1.165) is 18.0 Å². The van der Waals surface area contributed by atoms with E-state index in [4.69, 9.17) is 5.73 Å². The van der Waals surface area contributed by atoms with Gasteiger partial charge < -0.3 is 11.1 Å². The molecule has 0 heterocycles. The lowest BCUT2D eigenvalue weighted by Gasteiger charge is -2.16. The van der Waals surface area contributed by atoms with Gasteiger partial charge in [-0.1, -0.05) is 31.9 Å². The number of carbonyl (C=O) groups excluding carboxylic acids is 1. The summed E-state index contributed by atoms with van der Waals surface area (Å²) in [4.78, 5) is 11.1. The van der Waals surface area contributed by atoms with Crippen LogP contribution in [0.4, 0.5) is 0 Å². The highest BCUT2D eigenvalue weighted by atomic mass is 16.1. The normalized spacial score (nSPS) is 23.8. The molecule has 1 saturated carbocycles. The molecule has 1 fully saturated rings. The Balaban J connectivity index is 1.87. The van der Waals surface area contributed by atoms with Gasteiger partial charge in [0.05, 0.1) is 0 Å². The zero-order chi connectivity index (χ0) is 13.7. The number of rotatable bonds is 4. The van der Waals surface area contributed by atoms with E-state index in [1.165, 1.54) is 32.1 Å². The molecule has 104 valence electrons. The van der Waals surface area contributed by atoms with Crippen molar-refractivity contribution in [3.05, 3.63) is 35.4 Å². The minimum Gasteiger partial charge on any atom is -0.366 e. The maximum atomic E-state index is 11.1. The van der Waals surface area contributed by atoms with Crippen molar-refractivity contribution in [2.45, 2.75) is 51.6 Å². The summed E-state index contributed by atoms with van der Waals surface area (Å²) < 4.78 is 0. The Labute approximate surface area is 115 Å². The van der Waals surface area contributed by atoms with Crippen LogP contribution in [0.2, 0.25) is 0 Å². The molecular weight excluding hydrogens is 236 g/mol. The van der Waals surface area contributed by atoms with E-state index >= 15 is 0 Å². The second-order valence-corrected chi connectivity index (χ2v) is 5.76. The van der Waals surface area contributed by atoms with Crippen LogP contribution in [0.15, 0.2) is 24.3 Å². The van der Waals surface area contributed by atoms with Crippen LogP contribution in [0.3, 0.4) is 0 Å². The summed E-state index contributed by atoms with van der Waals surface area (Å²) >= 11 is 0. The number of carbonyl (C=O) groups is 1. The summed E-state index contributed by atoms with van der Waals surface area (Å²) in [5.41, 5.74) is 7.02. The molecule has 3 N–H and O–H groups in total. The van der Waals surface area contributed by atoms with E-state index in [1.54, 1.807) is 6.07 Å². The molecule has 3 nitrogen and oxygen atoms in total. The molecule has 2 atom stereocenters. The average Bonchev–Trinajstić information content (AvgIpc) is 2.61. The zero-order valence-corrected chi connectivity index (χ0v) is 11.7. The molecule has 1 aliphatic carbocycles. The summed E-state index contributed by atoms with van der Waals surface area (Å²) in [6, 6.07) is 8.20. The van der Waals surface area contributed by atoms with Crippen molar-refractivity contribution in [2.24, 2.45) is 11.7 Å². The number of benzene rings is 1. The van der Waals surface area contributed by atoms with Crippen molar-refractivity contribution in [3.63, 3.8) is 0 Å². The van der Waals surface area contributed by atoms with Crippen LogP contribution in [0.5, 0.6) is 0 Å². The summed E-state index contributed by atoms with van der Waals surface area (Å²) in [6.07, 6.45) is 6.52. The third-order valence-electron chi connectivity index (χ3n) is 4.06. The first-order valence-electron chi connectivity index (χ1n) is 7.27. The predicted molar refractivity (Wildman–Crippen MR) is 77.8 cm³/mol. The van der Waals surface area contributed by atoms with Gasteiger partial charge >= 0.3 is 0 Å². The fourth-order valence-electron chi connectivity index (χ4n) is 2.79. The summed E-state index contributed by atoms with van der Waals surface area (Å²) in [5.74, 6) is 0.509. The van der Waals surface area contributed by atoms with Gasteiger partial charge in [0.2, 0.25) is 5.91 Å². The van der Waals surface area contributed by atoms with Gasteiger partial charge in [-0.2, -0.15) is 0 Å². The number of nitrogens with two attached hydrogens (primary N) is 1. The van der Waals surface area contributed by atoms with Gasteiger partial charge in [0.1, 0.15) is 0 Å². The fourth-order valence-corrected chi connectivity index (χ4v) is 2.79. The quantitative estimate of drug-likeness (QED) is 0.818. The van der Waals surface area contributed by atoms with Gasteiger partial charge in [-0.3, -0.25) is 4.79 Å². The standard InChI is InChI=1S/C16H24N2O/c1-12-4-2-7-15(9-8-12)18-11-13-5-3-6-14(10-13)16(17)19/h3,5-6,10,12,15,18H,2,4,7-9,11H2,1H3,(H2,17,19). The molecule has 1 amide bonds. The van der Waals surface area contributed by atoms with Gasteiger partial charge in [-0.05, 0) is 42.9 Å². The topological polar surface area (TPSA) is 55.1 Å². The van der Waals surface area contributed by atoms with Crippen LogP contribution in [0.25, 0.3) is 0 Å². The number of primary amides is 1. The number of amides is 1. The lowest BCUT2D eigenvalue weighted by atomic mass is 10.0. The molecule has 0 bridgehead atoms. The van der Waals surface area contributed by atoms with Crippen molar-refractivity contribution in [2.75, 3.05) is 0 Å². The molecule has 0 aliphatic heterocycles. The highest BCUT2D eigenvalue weighted by Crippen LogP contribution is 2.22.